The van der Waals surface area contributed by atoms with Crippen molar-refractivity contribution in [3.05, 3.63) is 57.1 Å². The van der Waals surface area contributed by atoms with E-state index in [-0.39, 0.29) is 15.9 Å². The van der Waals surface area contributed by atoms with E-state index in [1.165, 1.54) is 17.3 Å². The topological polar surface area (TPSA) is 61.8 Å². The Morgan fingerprint density at radius 2 is 1.78 bits per heavy atom. The van der Waals surface area contributed by atoms with E-state index in [0.717, 1.165) is 16.8 Å². The van der Waals surface area contributed by atoms with E-state index in [0.29, 0.717) is 10.6 Å². The predicted octanol–water partition coefficient (Wildman–Crippen LogP) is 4.40. The van der Waals surface area contributed by atoms with Crippen molar-refractivity contribution in [1.29, 1.82) is 0 Å². The molecule has 0 atom stereocenters. The Bertz CT molecular complexity index is 773. The van der Waals surface area contributed by atoms with Crippen molar-refractivity contribution in [2.24, 2.45) is 10.8 Å². The standard InChI is InChI=1S/C16H15Cl2N3OS/c1-9-3-10(2)5-13(4-9)21(16(19)23)20-8-11-6-12(17)7-14(18)15(11)22/h3-8,22H,1-2H3,(H2,19,23)/b20-8+. The molecule has 3 N–H and O–H groups in total. The molecule has 23 heavy (non-hydrogen) atoms. The van der Waals surface area contributed by atoms with Crippen LogP contribution >= 0.6 is 35.4 Å². The summed E-state index contributed by atoms with van der Waals surface area (Å²) in [4.78, 5) is 0. The molecule has 2 aromatic carbocycles. The van der Waals surface area contributed by atoms with Crippen molar-refractivity contribution < 1.29 is 5.11 Å². The van der Waals surface area contributed by atoms with Crippen LogP contribution in [0.2, 0.25) is 10.0 Å². The van der Waals surface area contributed by atoms with Crippen molar-refractivity contribution in [1.82, 2.24) is 0 Å². The quantitative estimate of drug-likeness (QED) is 0.479. The molecule has 0 aliphatic rings. The fraction of sp³-hybridized carbons (Fsp3) is 0.125. The number of nitrogens with zero attached hydrogens (tertiary/aromatic N) is 2. The summed E-state index contributed by atoms with van der Waals surface area (Å²) in [6, 6.07) is 8.85. The molecule has 0 spiro atoms. The molecule has 0 aromatic heterocycles. The van der Waals surface area contributed by atoms with Crippen LogP contribution in [-0.2, 0) is 0 Å². The molecule has 0 fully saturated rings. The molecule has 0 amide bonds. The summed E-state index contributed by atoms with van der Waals surface area (Å²) >= 11 is 16.9. The predicted molar refractivity (Wildman–Crippen MR) is 101 cm³/mol. The lowest BCUT2D eigenvalue weighted by molar-refractivity contribution is 0.474. The van der Waals surface area contributed by atoms with Gasteiger partial charge in [0.05, 0.1) is 16.9 Å². The van der Waals surface area contributed by atoms with Gasteiger partial charge in [-0.3, -0.25) is 0 Å². The summed E-state index contributed by atoms with van der Waals surface area (Å²) in [6.07, 6.45) is 1.41. The third-order valence-corrected chi connectivity index (χ3v) is 3.71. The van der Waals surface area contributed by atoms with Crippen LogP contribution in [0, 0.1) is 13.8 Å². The molecular formula is C16H15Cl2N3OS. The van der Waals surface area contributed by atoms with Crippen LogP contribution in [0.5, 0.6) is 5.75 Å². The number of hydrazone groups is 1. The van der Waals surface area contributed by atoms with Crippen LogP contribution in [-0.4, -0.2) is 16.4 Å². The highest BCUT2D eigenvalue weighted by Crippen LogP contribution is 2.30. The number of phenolic OH excluding ortho intramolecular Hbond substituents is 1. The summed E-state index contributed by atoms with van der Waals surface area (Å²) in [6.45, 7) is 3.95. The summed E-state index contributed by atoms with van der Waals surface area (Å²) in [5.41, 5.74) is 8.98. The minimum atomic E-state index is -0.108. The molecule has 2 aromatic rings. The van der Waals surface area contributed by atoms with E-state index in [2.05, 4.69) is 5.10 Å². The van der Waals surface area contributed by atoms with Gasteiger partial charge in [-0.05, 0) is 61.5 Å². The van der Waals surface area contributed by atoms with E-state index in [4.69, 9.17) is 41.2 Å². The molecule has 0 aliphatic carbocycles. The molecule has 0 bridgehead atoms. The van der Waals surface area contributed by atoms with Gasteiger partial charge >= 0.3 is 0 Å². The number of benzene rings is 2. The Morgan fingerprint density at radius 3 is 2.35 bits per heavy atom. The Balaban J connectivity index is 2.42. The van der Waals surface area contributed by atoms with Gasteiger partial charge in [0.1, 0.15) is 5.75 Å². The molecule has 7 heteroatoms. The second-order valence-corrected chi connectivity index (χ2v) is 6.33. The maximum atomic E-state index is 9.97. The van der Waals surface area contributed by atoms with Crippen molar-refractivity contribution in [3.8, 4) is 5.75 Å². The average molecular weight is 368 g/mol. The van der Waals surface area contributed by atoms with Gasteiger partial charge in [0.2, 0.25) is 0 Å². The van der Waals surface area contributed by atoms with Crippen LogP contribution in [0.15, 0.2) is 35.4 Å². The highest BCUT2D eigenvalue weighted by molar-refractivity contribution is 7.80. The van der Waals surface area contributed by atoms with Crippen LogP contribution in [0.4, 0.5) is 5.69 Å². The number of thiocarbonyl (C=S) groups is 1. The van der Waals surface area contributed by atoms with Gasteiger partial charge in [-0.1, -0.05) is 29.3 Å². The second-order valence-electron chi connectivity index (χ2n) is 5.07. The van der Waals surface area contributed by atoms with Crippen LogP contribution < -0.4 is 10.7 Å². The highest BCUT2D eigenvalue weighted by atomic mass is 35.5. The van der Waals surface area contributed by atoms with Crippen LogP contribution in [0.1, 0.15) is 16.7 Å². The number of aromatic hydroxyl groups is 1. The minimum absolute atomic E-state index is 0.0823. The van der Waals surface area contributed by atoms with E-state index < -0.39 is 0 Å². The Labute approximate surface area is 150 Å². The average Bonchev–Trinajstić information content (AvgIpc) is 2.42. The van der Waals surface area contributed by atoms with Gasteiger partial charge in [0.15, 0.2) is 5.11 Å². The van der Waals surface area contributed by atoms with Gasteiger partial charge in [0, 0.05) is 10.6 Å². The first-order valence-electron chi connectivity index (χ1n) is 6.68. The lowest BCUT2D eigenvalue weighted by Gasteiger charge is -2.18. The van der Waals surface area contributed by atoms with Gasteiger partial charge in [-0.2, -0.15) is 5.10 Å². The first kappa shape index (κ1) is 17.5. The fourth-order valence-electron chi connectivity index (χ4n) is 2.13. The van der Waals surface area contributed by atoms with Gasteiger partial charge < -0.3 is 10.8 Å². The van der Waals surface area contributed by atoms with Gasteiger partial charge in [-0.25, -0.2) is 5.01 Å². The molecule has 0 saturated carbocycles. The molecule has 4 nitrogen and oxygen atoms in total. The fourth-order valence-corrected chi connectivity index (χ4v) is 2.79. The maximum Gasteiger partial charge on any atom is 0.191 e. The Hall–Kier alpha value is -1.82. The third-order valence-electron chi connectivity index (χ3n) is 3.03. The number of halogens is 2. The van der Waals surface area contributed by atoms with Gasteiger partial charge in [-0.15, -0.1) is 0 Å². The van der Waals surface area contributed by atoms with Crippen LogP contribution in [0.3, 0.4) is 0 Å². The Kier molecular flexibility index (Phi) is 5.46. The van der Waals surface area contributed by atoms with Crippen LogP contribution in [0.25, 0.3) is 0 Å². The number of hydrogen-bond acceptors (Lipinski definition) is 3. The first-order valence-corrected chi connectivity index (χ1v) is 7.84. The van der Waals surface area contributed by atoms with E-state index in [9.17, 15) is 5.11 Å². The number of anilines is 1. The third kappa shape index (κ3) is 4.34. The second kappa shape index (κ2) is 7.17. The molecule has 0 radical (unpaired) electrons. The highest BCUT2D eigenvalue weighted by Gasteiger charge is 2.11. The molecule has 2 rings (SSSR count). The number of phenols is 1. The normalized spacial score (nSPS) is 11.0. The minimum Gasteiger partial charge on any atom is -0.506 e. The van der Waals surface area contributed by atoms with Crippen molar-refractivity contribution >= 4 is 52.4 Å². The molecule has 120 valence electrons. The van der Waals surface area contributed by atoms with E-state index in [1.54, 1.807) is 6.07 Å². The monoisotopic (exact) mass is 367 g/mol. The molecule has 0 saturated heterocycles. The molecule has 0 aliphatic heterocycles. The number of hydrogen-bond donors (Lipinski definition) is 2. The lowest BCUT2D eigenvalue weighted by atomic mass is 10.1. The van der Waals surface area contributed by atoms with E-state index in [1.807, 2.05) is 32.0 Å². The zero-order valence-electron chi connectivity index (χ0n) is 12.5. The summed E-state index contributed by atoms with van der Waals surface area (Å²) in [7, 11) is 0. The van der Waals surface area contributed by atoms with E-state index >= 15 is 0 Å². The zero-order chi connectivity index (χ0) is 17.1. The molecule has 0 heterocycles. The summed E-state index contributed by atoms with van der Waals surface area (Å²) in [5.74, 6) is -0.108. The first-order chi connectivity index (χ1) is 10.8. The maximum absolute atomic E-state index is 9.97. The summed E-state index contributed by atoms with van der Waals surface area (Å²) < 4.78 is 0. The molecular weight excluding hydrogens is 353 g/mol. The Morgan fingerprint density at radius 1 is 1.17 bits per heavy atom. The smallest absolute Gasteiger partial charge is 0.191 e. The van der Waals surface area contributed by atoms with Crippen molar-refractivity contribution in [2.45, 2.75) is 13.8 Å². The number of rotatable bonds is 3. The van der Waals surface area contributed by atoms with Crippen molar-refractivity contribution in [3.63, 3.8) is 0 Å². The largest absolute Gasteiger partial charge is 0.506 e. The SMILES string of the molecule is Cc1cc(C)cc(N(/N=C/c2cc(Cl)cc(Cl)c2O)C(N)=S)c1. The number of nitrogens with two attached hydrogens (primary N) is 1. The molecule has 0 unspecified atom stereocenters. The summed E-state index contributed by atoms with van der Waals surface area (Å²) in [5, 5.41) is 16.2. The zero-order valence-corrected chi connectivity index (χ0v) is 14.9. The lowest BCUT2D eigenvalue weighted by Crippen LogP contribution is -2.31. The van der Waals surface area contributed by atoms with Gasteiger partial charge in [0.25, 0.3) is 0 Å². The van der Waals surface area contributed by atoms with Crippen molar-refractivity contribution in [2.75, 3.05) is 5.01 Å². The number of aryl methyl sites for hydroxylation is 2.